The van der Waals surface area contributed by atoms with Crippen LogP contribution in [0.15, 0.2) is 48.5 Å². The van der Waals surface area contributed by atoms with Crippen LogP contribution in [0.5, 0.6) is 0 Å². The predicted molar refractivity (Wildman–Crippen MR) is 77.8 cm³/mol. The van der Waals surface area contributed by atoms with E-state index in [2.05, 4.69) is 0 Å². The molecule has 2 N–H and O–H groups in total. The van der Waals surface area contributed by atoms with Gasteiger partial charge >= 0.3 is 0 Å². The molecule has 2 aromatic rings. The van der Waals surface area contributed by atoms with Gasteiger partial charge in [0.1, 0.15) is 0 Å². The predicted octanol–water partition coefficient (Wildman–Crippen LogP) is 2.85. The maximum atomic E-state index is 12.4. The van der Waals surface area contributed by atoms with E-state index in [0.29, 0.717) is 17.8 Å². The number of aryl methyl sites for hydroxylation is 1. The van der Waals surface area contributed by atoms with Crippen molar-refractivity contribution in [1.82, 2.24) is 4.90 Å². The second kappa shape index (κ2) is 5.57. The first-order chi connectivity index (χ1) is 9.08. The summed E-state index contributed by atoms with van der Waals surface area (Å²) in [7, 11) is 1.80. The SMILES string of the molecule is Cc1ccc(N)cc1C(=O)N(C)Cc1ccccc1. The molecule has 0 radical (unpaired) electrons. The summed E-state index contributed by atoms with van der Waals surface area (Å²) in [6.07, 6.45) is 0. The highest BCUT2D eigenvalue weighted by Gasteiger charge is 2.14. The maximum absolute atomic E-state index is 12.4. The van der Waals surface area contributed by atoms with Crippen molar-refractivity contribution in [3.63, 3.8) is 0 Å². The van der Waals surface area contributed by atoms with Crippen LogP contribution < -0.4 is 5.73 Å². The van der Waals surface area contributed by atoms with Gasteiger partial charge in [-0.3, -0.25) is 4.79 Å². The van der Waals surface area contributed by atoms with E-state index in [-0.39, 0.29) is 5.91 Å². The normalized spacial score (nSPS) is 10.2. The maximum Gasteiger partial charge on any atom is 0.254 e. The Morgan fingerprint density at radius 1 is 1.16 bits per heavy atom. The Morgan fingerprint density at radius 3 is 2.53 bits per heavy atom. The van der Waals surface area contributed by atoms with Crippen LogP contribution in [0.2, 0.25) is 0 Å². The topological polar surface area (TPSA) is 46.3 Å². The number of hydrogen-bond acceptors (Lipinski definition) is 2. The Bertz CT molecular complexity index is 579. The highest BCUT2D eigenvalue weighted by Crippen LogP contribution is 2.15. The molecule has 0 spiro atoms. The fraction of sp³-hybridized carbons (Fsp3) is 0.188. The average molecular weight is 254 g/mol. The zero-order chi connectivity index (χ0) is 13.8. The number of nitrogens with two attached hydrogens (primary N) is 1. The molecule has 0 saturated heterocycles. The summed E-state index contributed by atoms with van der Waals surface area (Å²) in [5.74, 6) is -0.00588. The van der Waals surface area contributed by atoms with Crippen molar-refractivity contribution in [3.8, 4) is 0 Å². The van der Waals surface area contributed by atoms with Gasteiger partial charge in [0.2, 0.25) is 0 Å². The van der Waals surface area contributed by atoms with Crippen LogP contribution in [0.1, 0.15) is 21.5 Å². The summed E-state index contributed by atoms with van der Waals surface area (Å²) < 4.78 is 0. The fourth-order valence-electron chi connectivity index (χ4n) is 2.00. The molecule has 3 heteroatoms. The minimum absolute atomic E-state index is 0.00588. The van der Waals surface area contributed by atoms with Crippen molar-refractivity contribution < 1.29 is 4.79 Å². The Hall–Kier alpha value is -2.29. The van der Waals surface area contributed by atoms with E-state index in [0.717, 1.165) is 11.1 Å². The van der Waals surface area contributed by atoms with E-state index in [1.54, 1.807) is 18.0 Å². The fourth-order valence-corrected chi connectivity index (χ4v) is 2.00. The molecule has 0 saturated carbocycles. The van der Waals surface area contributed by atoms with Crippen LogP contribution in [0.3, 0.4) is 0 Å². The van der Waals surface area contributed by atoms with E-state index in [9.17, 15) is 4.79 Å². The lowest BCUT2D eigenvalue weighted by Crippen LogP contribution is -2.26. The van der Waals surface area contributed by atoms with Gasteiger partial charge in [0.05, 0.1) is 0 Å². The van der Waals surface area contributed by atoms with E-state index >= 15 is 0 Å². The van der Waals surface area contributed by atoms with Crippen molar-refractivity contribution >= 4 is 11.6 Å². The lowest BCUT2D eigenvalue weighted by Gasteiger charge is -2.18. The first kappa shape index (κ1) is 13.1. The Balaban J connectivity index is 2.17. The minimum Gasteiger partial charge on any atom is -0.399 e. The third-order valence-corrected chi connectivity index (χ3v) is 3.10. The molecule has 98 valence electrons. The van der Waals surface area contributed by atoms with Crippen molar-refractivity contribution in [2.45, 2.75) is 13.5 Å². The Kier molecular flexibility index (Phi) is 3.85. The molecule has 0 atom stereocenters. The molecule has 0 bridgehead atoms. The van der Waals surface area contributed by atoms with Crippen molar-refractivity contribution in [2.75, 3.05) is 12.8 Å². The first-order valence-electron chi connectivity index (χ1n) is 6.23. The van der Waals surface area contributed by atoms with E-state index < -0.39 is 0 Å². The van der Waals surface area contributed by atoms with Crippen LogP contribution in [-0.2, 0) is 6.54 Å². The number of hydrogen-bond donors (Lipinski definition) is 1. The summed E-state index contributed by atoms with van der Waals surface area (Å²) in [5.41, 5.74) is 9.08. The molecule has 0 heterocycles. The van der Waals surface area contributed by atoms with Gasteiger partial charge in [-0.1, -0.05) is 36.4 Å². The van der Waals surface area contributed by atoms with Gasteiger partial charge in [-0.25, -0.2) is 0 Å². The quantitative estimate of drug-likeness (QED) is 0.856. The van der Waals surface area contributed by atoms with Gasteiger partial charge in [0.15, 0.2) is 0 Å². The zero-order valence-corrected chi connectivity index (χ0v) is 11.3. The summed E-state index contributed by atoms with van der Waals surface area (Å²) in [4.78, 5) is 14.1. The molecule has 1 amide bonds. The van der Waals surface area contributed by atoms with Gasteiger partial charge in [0, 0.05) is 24.8 Å². The number of nitrogen functional groups attached to an aromatic ring is 1. The molecular formula is C16H18N2O. The lowest BCUT2D eigenvalue weighted by molar-refractivity contribution is 0.0784. The van der Waals surface area contributed by atoms with Crippen LogP contribution >= 0.6 is 0 Å². The smallest absolute Gasteiger partial charge is 0.254 e. The number of nitrogens with zero attached hydrogens (tertiary/aromatic N) is 1. The summed E-state index contributed by atoms with van der Waals surface area (Å²) in [5, 5.41) is 0. The highest BCUT2D eigenvalue weighted by atomic mass is 16.2. The molecule has 19 heavy (non-hydrogen) atoms. The van der Waals surface area contributed by atoms with E-state index in [1.165, 1.54) is 0 Å². The number of carbonyl (C=O) groups excluding carboxylic acids is 1. The monoisotopic (exact) mass is 254 g/mol. The van der Waals surface area contributed by atoms with E-state index in [4.69, 9.17) is 5.73 Å². The second-order valence-electron chi connectivity index (χ2n) is 4.72. The van der Waals surface area contributed by atoms with Gasteiger partial charge < -0.3 is 10.6 Å². The molecule has 3 nitrogen and oxygen atoms in total. The number of benzene rings is 2. The van der Waals surface area contributed by atoms with Gasteiger partial charge in [-0.2, -0.15) is 0 Å². The third-order valence-electron chi connectivity index (χ3n) is 3.10. The Labute approximate surface area is 113 Å². The van der Waals surface area contributed by atoms with Crippen molar-refractivity contribution in [1.29, 1.82) is 0 Å². The third kappa shape index (κ3) is 3.13. The molecule has 0 aliphatic carbocycles. The summed E-state index contributed by atoms with van der Waals surface area (Å²) in [6.45, 7) is 2.51. The van der Waals surface area contributed by atoms with Crippen molar-refractivity contribution in [2.24, 2.45) is 0 Å². The largest absolute Gasteiger partial charge is 0.399 e. The minimum atomic E-state index is -0.00588. The van der Waals surface area contributed by atoms with Gasteiger partial charge in [-0.15, -0.1) is 0 Å². The molecule has 0 aromatic heterocycles. The van der Waals surface area contributed by atoms with Gasteiger partial charge in [0.25, 0.3) is 5.91 Å². The molecule has 0 unspecified atom stereocenters. The summed E-state index contributed by atoms with van der Waals surface area (Å²) in [6, 6.07) is 15.3. The highest BCUT2D eigenvalue weighted by molar-refractivity contribution is 5.96. The van der Waals surface area contributed by atoms with Crippen LogP contribution in [0, 0.1) is 6.92 Å². The molecular weight excluding hydrogens is 236 g/mol. The number of anilines is 1. The average Bonchev–Trinajstić information content (AvgIpc) is 2.42. The van der Waals surface area contributed by atoms with Crippen LogP contribution in [0.4, 0.5) is 5.69 Å². The number of rotatable bonds is 3. The number of amides is 1. The van der Waals surface area contributed by atoms with E-state index in [1.807, 2.05) is 49.4 Å². The molecule has 0 fully saturated rings. The van der Waals surface area contributed by atoms with Gasteiger partial charge in [-0.05, 0) is 30.2 Å². The summed E-state index contributed by atoms with van der Waals surface area (Å²) >= 11 is 0. The molecule has 2 rings (SSSR count). The standard InChI is InChI=1S/C16H18N2O/c1-12-8-9-14(17)10-15(12)16(19)18(2)11-13-6-4-3-5-7-13/h3-10H,11,17H2,1-2H3. The van der Waals surface area contributed by atoms with Crippen LogP contribution in [0.25, 0.3) is 0 Å². The van der Waals surface area contributed by atoms with Crippen LogP contribution in [-0.4, -0.2) is 17.9 Å². The zero-order valence-electron chi connectivity index (χ0n) is 11.3. The number of carbonyl (C=O) groups is 1. The Morgan fingerprint density at radius 2 is 1.84 bits per heavy atom. The lowest BCUT2D eigenvalue weighted by atomic mass is 10.1. The first-order valence-corrected chi connectivity index (χ1v) is 6.23. The molecule has 0 aliphatic rings. The second-order valence-corrected chi connectivity index (χ2v) is 4.72. The van der Waals surface area contributed by atoms with Crippen molar-refractivity contribution in [3.05, 3.63) is 65.2 Å². The molecule has 2 aromatic carbocycles. The molecule has 0 aliphatic heterocycles.